The summed E-state index contributed by atoms with van der Waals surface area (Å²) in [6, 6.07) is 16.9. The second-order valence-corrected chi connectivity index (χ2v) is 4.50. The molecule has 3 nitrogen and oxygen atoms in total. The van der Waals surface area contributed by atoms with Crippen LogP contribution >= 0.6 is 0 Å². The maximum atomic E-state index is 13.0. The van der Waals surface area contributed by atoms with E-state index in [0.29, 0.717) is 17.6 Å². The number of carbonyl (C=O) groups is 1. The number of primary amides is 1. The molecule has 0 radical (unpaired) electrons. The summed E-state index contributed by atoms with van der Waals surface area (Å²) in [6.07, 6.45) is 0.373. The lowest BCUT2D eigenvalue weighted by molar-refractivity contribution is -0.114. The topological polar surface area (TPSA) is 66.9 Å². The van der Waals surface area contributed by atoms with Crippen molar-refractivity contribution in [2.24, 2.45) is 5.73 Å². The minimum Gasteiger partial charge on any atom is -0.365 e. The van der Waals surface area contributed by atoms with Crippen molar-refractivity contribution in [3.8, 4) is 6.07 Å². The molecule has 0 unspecified atom stereocenters. The number of rotatable bonds is 4. The Kier molecular flexibility index (Phi) is 4.47. The first-order valence-corrected chi connectivity index (χ1v) is 6.34. The molecule has 2 rings (SSSR count). The number of hydrogen-bond acceptors (Lipinski definition) is 2. The maximum absolute atomic E-state index is 13.0. The van der Waals surface area contributed by atoms with Gasteiger partial charge in [0.25, 0.3) is 5.91 Å². The zero-order valence-corrected chi connectivity index (χ0v) is 11.2. The van der Waals surface area contributed by atoms with Crippen molar-refractivity contribution in [2.45, 2.75) is 6.42 Å². The Labute approximate surface area is 122 Å². The van der Waals surface area contributed by atoms with E-state index in [0.717, 1.165) is 5.56 Å². The van der Waals surface area contributed by atoms with E-state index in [1.54, 1.807) is 0 Å². The van der Waals surface area contributed by atoms with Gasteiger partial charge >= 0.3 is 0 Å². The quantitative estimate of drug-likeness (QED) is 0.691. The van der Waals surface area contributed by atoms with Gasteiger partial charge in [-0.3, -0.25) is 4.79 Å². The number of halogens is 1. The average Bonchev–Trinajstić information content (AvgIpc) is 2.48. The lowest BCUT2D eigenvalue weighted by atomic mass is 9.93. The van der Waals surface area contributed by atoms with E-state index < -0.39 is 5.91 Å². The van der Waals surface area contributed by atoms with Gasteiger partial charge < -0.3 is 5.73 Å². The highest BCUT2D eigenvalue weighted by atomic mass is 19.1. The van der Waals surface area contributed by atoms with Crippen LogP contribution in [-0.4, -0.2) is 5.91 Å². The molecule has 2 N–H and O–H groups in total. The Bertz CT molecular complexity index is 713. The summed E-state index contributed by atoms with van der Waals surface area (Å²) in [6.45, 7) is 0. The first-order chi connectivity index (χ1) is 10.1. The molecule has 1 amide bonds. The second-order valence-electron chi connectivity index (χ2n) is 4.50. The summed E-state index contributed by atoms with van der Waals surface area (Å²) in [5, 5.41) is 9.18. The van der Waals surface area contributed by atoms with Crippen molar-refractivity contribution >= 4 is 11.5 Å². The van der Waals surface area contributed by atoms with Crippen LogP contribution in [0.5, 0.6) is 0 Å². The molecule has 0 aliphatic rings. The van der Waals surface area contributed by atoms with Crippen LogP contribution in [-0.2, 0) is 11.2 Å². The third-order valence-electron chi connectivity index (χ3n) is 3.08. The molecule has 0 bridgehead atoms. The maximum Gasteiger partial charge on any atom is 0.259 e. The van der Waals surface area contributed by atoms with Gasteiger partial charge in [0.15, 0.2) is 0 Å². The van der Waals surface area contributed by atoms with Gasteiger partial charge in [0.05, 0.1) is 0 Å². The SMILES string of the molecule is N#CC(C(N)=O)=C(Cc1ccccc1)c1ccc(F)cc1. The highest BCUT2D eigenvalue weighted by Crippen LogP contribution is 2.23. The Balaban J connectivity index is 2.52. The van der Waals surface area contributed by atoms with Crippen molar-refractivity contribution < 1.29 is 9.18 Å². The molecular weight excluding hydrogens is 267 g/mol. The predicted molar refractivity (Wildman–Crippen MR) is 78.3 cm³/mol. The minimum absolute atomic E-state index is 0.106. The largest absolute Gasteiger partial charge is 0.365 e. The van der Waals surface area contributed by atoms with Crippen LogP contribution in [0.4, 0.5) is 4.39 Å². The molecule has 0 atom stereocenters. The Morgan fingerprint density at radius 3 is 2.24 bits per heavy atom. The molecule has 0 spiro atoms. The Morgan fingerprint density at radius 1 is 1.10 bits per heavy atom. The molecule has 0 saturated carbocycles. The number of allylic oxidation sites excluding steroid dienone is 1. The highest BCUT2D eigenvalue weighted by Gasteiger charge is 2.15. The number of hydrogen-bond donors (Lipinski definition) is 1. The number of nitrogens with two attached hydrogens (primary N) is 1. The standard InChI is InChI=1S/C17H13FN2O/c18-14-8-6-13(7-9-14)15(16(11-19)17(20)21)10-12-4-2-1-3-5-12/h1-9H,10H2,(H2,20,21). The molecule has 104 valence electrons. The van der Waals surface area contributed by atoms with E-state index in [1.807, 2.05) is 36.4 Å². The van der Waals surface area contributed by atoms with Crippen molar-refractivity contribution in [3.63, 3.8) is 0 Å². The lowest BCUT2D eigenvalue weighted by Crippen LogP contribution is -2.15. The fraction of sp³-hybridized carbons (Fsp3) is 0.0588. The van der Waals surface area contributed by atoms with Gasteiger partial charge in [-0.05, 0) is 35.3 Å². The molecule has 0 heterocycles. The minimum atomic E-state index is -0.784. The van der Waals surface area contributed by atoms with Gasteiger partial charge in [-0.2, -0.15) is 5.26 Å². The lowest BCUT2D eigenvalue weighted by Gasteiger charge is -2.10. The molecule has 0 saturated heterocycles. The molecule has 0 aromatic heterocycles. The summed E-state index contributed by atoms with van der Waals surface area (Å²) in [5.41, 5.74) is 7.21. The monoisotopic (exact) mass is 280 g/mol. The number of nitrogens with zero attached hydrogens (tertiary/aromatic N) is 1. The van der Waals surface area contributed by atoms with Crippen LogP contribution in [0.1, 0.15) is 11.1 Å². The van der Waals surface area contributed by atoms with Crippen LogP contribution in [0.25, 0.3) is 5.57 Å². The summed E-state index contributed by atoms with van der Waals surface area (Å²) < 4.78 is 13.0. The van der Waals surface area contributed by atoms with Crippen LogP contribution in [0.3, 0.4) is 0 Å². The molecule has 2 aromatic carbocycles. The van der Waals surface area contributed by atoms with E-state index in [2.05, 4.69) is 0 Å². The van der Waals surface area contributed by atoms with Gasteiger partial charge in [-0.1, -0.05) is 42.5 Å². The van der Waals surface area contributed by atoms with Gasteiger partial charge in [-0.15, -0.1) is 0 Å². The van der Waals surface area contributed by atoms with Crippen LogP contribution < -0.4 is 5.73 Å². The normalized spacial score (nSPS) is 11.4. The third-order valence-corrected chi connectivity index (χ3v) is 3.08. The van der Waals surface area contributed by atoms with Gasteiger partial charge in [0.2, 0.25) is 0 Å². The zero-order chi connectivity index (χ0) is 15.2. The molecule has 2 aromatic rings. The van der Waals surface area contributed by atoms with E-state index in [-0.39, 0.29) is 11.4 Å². The van der Waals surface area contributed by atoms with Crippen LogP contribution in [0.15, 0.2) is 60.2 Å². The molecule has 21 heavy (non-hydrogen) atoms. The Hall–Kier alpha value is -2.93. The summed E-state index contributed by atoms with van der Waals surface area (Å²) in [7, 11) is 0. The van der Waals surface area contributed by atoms with E-state index in [9.17, 15) is 14.4 Å². The van der Waals surface area contributed by atoms with E-state index in [4.69, 9.17) is 5.73 Å². The molecule has 0 aliphatic carbocycles. The smallest absolute Gasteiger partial charge is 0.259 e. The highest BCUT2D eigenvalue weighted by molar-refractivity contribution is 6.04. The van der Waals surface area contributed by atoms with Crippen molar-refractivity contribution in [1.29, 1.82) is 5.26 Å². The first kappa shape index (κ1) is 14.5. The van der Waals surface area contributed by atoms with Gasteiger partial charge in [-0.25, -0.2) is 4.39 Å². The third kappa shape index (κ3) is 3.54. The fourth-order valence-electron chi connectivity index (χ4n) is 2.06. The van der Waals surface area contributed by atoms with Crippen LogP contribution in [0, 0.1) is 17.1 Å². The number of carbonyl (C=O) groups excluding carboxylic acids is 1. The molecule has 0 aliphatic heterocycles. The molecule has 4 heteroatoms. The summed E-state index contributed by atoms with van der Waals surface area (Å²) in [5.74, 6) is -1.16. The van der Waals surface area contributed by atoms with E-state index in [1.165, 1.54) is 24.3 Å². The summed E-state index contributed by atoms with van der Waals surface area (Å²) in [4.78, 5) is 11.5. The first-order valence-electron chi connectivity index (χ1n) is 6.34. The Morgan fingerprint density at radius 2 is 1.71 bits per heavy atom. The average molecular weight is 280 g/mol. The fourth-order valence-corrected chi connectivity index (χ4v) is 2.06. The molecule has 0 fully saturated rings. The van der Waals surface area contributed by atoms with Gasteiger partial charge in [0, 0.05) is 0 Å². The van der Waals surface area contributed by atoms with Crippen molar-refractivity contribution in [1.82, 2.24) is 0 Å². The van der Waals surface area contributed by atoms with Crippen LogP contribution in [0.2, 0.25) is 0 Å². The second kappa shape index (κ2) is 6.49. The molecular formula is C17H13FN2O. The van der Waals surface area contributed by atoms with E-state index >= 15 is 0 Å². The predicted octanol–water partition coefficient (Wildman–Crippen LogP) is 2.83. The summed E-state index contributed by atoms with van der Waals surface area (Å²) >= 11 is 0. The number of benzene rings is 2. The van der Waals surface area contributed by atoms with Gasteiger partial charge in [0.1, 0.15) is 17.5 Å². The zero-order valence-electron chi connectivity index (χ0n) is 11.2. The van der Waals surface area contributed by atoms with Crippen molar-refractivity contribution in [3.05, 3.63) is 77.1 Å². The number of amides is 1. The number of nitriles is 1. The van der Waals surface area contributed by atoms with Crippen molar-refractivity contribution in [2.75, 3.05) is 0 Å².